The normalized spacial score (nSPS) is 12.1. The molecule has 0 bridgehead atoms. The van der Waals surface area contributed by atoms with Crippen LogP contribution in [0.3, 0.4) is 0 Å². The number of benzene rings is 2. The molecule has 0 fully saturated rings. The summed E-state index contributed by atoms with van der Waals surface area (Å²) in [6, 6.07) is 10.9. The topological polar surface area (TPSA) is 63.4 Å². The molecule has 2 aromatic rings. The molecule has 0 saturated heterocycles. The predicted molar refractivity (Wildman–Crippen MR) is 79.7 cm³/mol. The van der Waals surface area contributed by atoms with Crippen molar-refractivity contribution in [2.24, 2.45) is 0 Å². The van der Waals surface area contributed by atoms with Gasteiger partial charge in [0, 0.05) is 16.7 Å². The Balaban J connectivity index is 2.13. The second-order valence-corrected chi connectivity index (χ2v) is 5.66. The van der Waals surface area contributed by atoms with Gasteiger partial charge in [-0.1, -0.05) is 12.1 Å². The maximum atomic E-state index is 13.3. The Labute approximate surface area is 125 Å². The Bertz CT molecular complexity index is 661. The molecule has 21 heavy (non-hydrogen) atoms. The number of aliphatic hydroxyl groups is 1. The summed E-state index contributed by atoms with van der Waals surface area (Å²) in [5, 5.41) is 20.2. The van der Waals surface area contributed by atoms with Crippen LogP contribution in [0.2, 0.25) is 0 Å². The van der Waals surface area contributed by atoms with E-state index >= 15 is 0 Å². The minimum Gasteiger partial charge on any atom is -0.389 e. The monoisotopic (exact) mass is 307 g/mol. The second-order valence-electron chi connectivity index (χ2n) is 4.61. The molecule has 1 atom stereocenters. The van der Waals surface area contributed by atoms with Crippen LogP contribution >= 0.6 is 11.8 Å². The van der Waals surface area contributed by atoms with E-state index in [4.69, 9.17) is 0 Å². The molecule has 1 N–H and O–H groups in total. The van der Waals surface area contributed by atoms with Crippen molar-refractivity contribution >= 4 is 17.4 Å². The van der Waals surface area contributed by atoms with Crippen molar-refractivity contribution in [1.82, 2.24) is 0 Å². The average Bonchev–Trinajstić information content (AvgIpc) is 2.45. The van der Waals surface area contributed by atoms with Gasteiger partial charge in [0.1, 0.15) is 5.82 Å². The minimum atomic E-state index is -0.613. The number of nitrogens with zero attached hydrogens (tertiary/aromatic N) is 1. The van der Waals surface area contributed by atoms with Gasteiger partial charge in [0.25, 0.3) is 5.69 Å². The van der Waals surface area contributed by atoms with E-state index in [1.165, 1.54) is 23.9 Å². The van der Waals surface area contributed by atoms with Crippen molar-refractivity contribution in [3.8, 4) is 0 Å². The molecule has 4 nitrogen and oxygen atoms in total. The molecular weight excluding hydrogens is 293 g/mol. The zero-order valence-corrected chi connectivity index (χ0v) is 12.1. The summed E-state index contributed by atoms with van der Waals surface area (Å²) in [7, 11) is 0. The molecule has 0 radical (unpaired) electrons. The first-order valence-electron chi connectivity index (χ1n) is 6.30. The van der Waals surface area contributed by atoms with E-state index in [2.05, 4.69) is 0 Å². The van der Waals surface area contributed by atoms with Crippen molar-refractivity contribution in [3.05, 3.63) is 69.5 Å². The first kappa shape index (κ1) is 15.5. The number of non-ortho nitro benzene ring substituents is 1. The van der Waals surface area contributed by atoms with Gasteiger partial charge in [-0.15, -0.1) is 11.8 Å². The summed E-state index contributed by atoms with van der Waals surface area (Å²) in [5.74, 6) is -0.195. The molecule has 0 aromatic heterocycles. The standard InChI is InChI=1S/C15H14FNO3S/c1-10(18)12-3-2-4-15(7-12)21-9-11-5-13(16)8-14(6-11)17(19)20/h2-8,10,18H,9H2,1H3. The smallest absolute Gasteiger partial charge is 0.272 e. The number of nitro benzene ring substituents is 1. The second kappa shape index (κ2) is 6.69. The highest BCUT2D eigenvalue weighted by molar-refractivity contribution is 7.98. The summed E-state index contributed by atoms with van der Waals surface area (Å²) in [4.78, 5) is 11.0. The molecule has 0 heterocycles. The number of thioether (sulfide) groups is 1. The Morgan fingerprint density at radius 2 is 2.10 bits per heavy atom. The van der Waals surface area contributed by atoms with Gasteiger partial charge in [-0.05, 0) is 36.2 Å². The maximum absolute atomic E-state index is 13.3. The van der Waals surface area contributed by atoms with Gasteiger partial charge >= 0.3 is 0 Å². The van der Waals surface area contributed by atoms with Gasteiger partial charge in [0.15, 0.2) is 0 Å². The SMILES string of the molecule is CC(O)c1cccc(SCc2cc(F)cc([N+](=O)[O-])c2)c1. The number of nitro groups is 1. The van der Waals surface area contributed by atoms with Gasteiger partial charge in [-0.25, -0.2) is 4.39 Å². The van der Waals surface area contributed by atoms with Crippen molar-refractivity contribution in [2.75, 3.05) is 0 Å². The van der Waals surface area contributed by atoms with Crippen molar-refractivity contribution in [3.63, 3.8) is 0 Å². The van der Waals surface area contributed by atoms with Gasteiger partial charge in [-0.2, -0.15) is 0 Å². The van der Waals surface area contributed by atoms with Crippen LogP contribution in [0.1, 0.15) is 24.2 Å². The molecule has 6 heteroatoms. The third kappa shape index (κ3) is 4.27. The molecule has 110 valence electrons. The molecule has 0 spiro atoms. The van der Waals surface area contributed by atoms with Gasteiger partial charge in [0.05, 0.1) is 17.1 Å². The summed E-state index contributed by atoms with van der Waals surface area (Å²) in [6.07, 6.45) is -0.555. The van der Waals surface area contributed by atoms with Crippen molar-refractivity contribution in [2.45, 2.75) is 23.7 Å². The number of hydrogen-bond donors (Lipinski definition) is 1. The fourth-order valence-corrected chi connectivity index (χ4v) is 2.75. The highest BCUT2D eigenvalue weighted by Crippen LogP contribution is 2.27. The van der Waals surface area contributed by atoms with Crippen LogP contribution in [0.25, 0.3) is 0 Å². The quantitative estimate of drug-likeness (QED) is 0.513. The molecule has 2 aromatic carbocycles. The first-order valence-corrected chi connectivity index (χ1v) is 7.29. The van der Waals surface area contributed by atoms with Crippen LogP contribution in [0.15, 0.2) is 47.4 Å². The average molecular weight is 307 g/mol. The minimum absolute atomic E-state index is 0.247. The van der Waals surface area contributed by atoms with Crippen molar-refractivity contribution < 1.29 is 14.4 Å². The fraction of sp³-hybridized carbons (Fsp3) is 0.200. The lowest BCUT2D eigenvalue weighted by atomic mass is 10.1. The van der Waals surface area contributed by atoms with Crippen LogP contribution < -0.4 is 0 Å². The van der Waals surface area contributed by atoms with E-state index < -0.39 is 16.8 Å². The maximum Gasteiger partial charge on any atom is 0.272 e. The highest BCUT2D eigenvalue weighted by atomic mass is 32.2. The molecule has 0 aliphatic heterocycles. The summed E-state index contributed by atoms with van der Waals surface area (Å²) in [5.41, 5.74) is 1.10. The Kier molecular flexibility index (Phi) is 4.93. The molecular formula is C15H14FNO3S. The lowest BCUT2D eigenvalue weighted by Gasteiger charge is -2.07. The number of hydrogen-bond acceptors (Lipinski definition) is 4. The van der Waals surface area contributed by atoms with E-state index in [1.54, 1.807) is 6.92 Å². The van der Waals surface area contributed by atoms with E-state index in [0.29, 0.717) is 11.3 Å². The van der Waals surface area contributed by atoms with Crippen LogP contribution in [0.4, 0.5) is 10.1 Å². The largest absolute Gasteiger partial charge is 0.389 e. The third-order valence-electron chi connectivity index (χ3n) is 2.90. The van der Waals surface area contributed by atoms with Crippen molar-refractivity contribution in [1.29, 1.82) is 0 Å². The number of halogens is 1. The highest BCUT2D eigenvalue weighted by Gasteiger charge is 2.10. The van der Waals surface area contributed by atoms with E-state index in [0.717, 1.165) is 16.5 Å². The molecule has 0 aliphatic rings. The van der Waals surface area contributed by atoms with Crippen LogP contribution in [-0.2, 0) is 5.75 Å². The van der Waals surface area contributed by atoms with Gasteiger partial charge < -0.3 is 5.11 Å². The molecule has 0 amide bonds. The van der Waals surface area contributed by atoms with E-state index in [9.17, 15) is 19.6 Å². The zero-order valence-electron chi connectivity index (χ0n) is 11.3. The number of aliphatic hydroxyl groups excluding tert-OH is 1. The summed E-state index contributed by atoms with van der Waals surface area (Å²) >= 11 is 1.43. The van der Waals surface area contributed by atoms with E-state index in [1.807, 2.05) is 24.3 Å². The molecule has 0 saturated carbocycles. The van der Waals surface area contributed by atoms with Crippen LogP contribution in [-0.4, -0.2) is 10.0 Å². The lowest BCUT2D eigenvalue weighted by molar-refractivity contribution is -0.385. The van der Waals surface area contributed by atoms with Gasteiger partial charge in [0.2, 0.25) is 0 Å². The third-order valence-corrected chi connectivity index (χ3v) is 3.96. The lowest BCUT2D eigenvalue weighted by Crippen LogP contribution is -1.93. The molecule has 1 unspecified atom stereocenters. The first-order chi connectivity index (χ1) is 9.95. The zero-order chi connectivity index (χ0) is 15.4. The van der Waals surface area contributed by atoms with Crippen LogP contribution in [0, 0.1) is 15.9 Å². The number of rotatable bonds is 5. The Hall–Kier alpha value is -1.92. The van der Waals surface area contributed by atoms with E-state index in [-0.39, 0.29) is 5.69 Å². The summed E-state index contributed by atoms with van der Waals surface area (Å²) < 4.78 is 13.3. The fourth-order valence-electron chi connectivity index (χ4n) is 1.85. The Morgan fingerprint density at radius 3 is 2.76 bits per heavy atom. The van der Waals surface area contributed by atoms with Gasteiger partial charge in [-0.3, -0.25) is 10.1 Å². The molecule has 2 rings (SSSR count). The molecule has 0 aliphatic carbocycles. The summed E-state index contributed by atoms with van der Waals surface area (Å²) in [6.45, 7) is 1.68. The van der Waals surface area contributed by atoms with Crippen LogP contribution in [0.5, 0.6) is 0 Å². The Morgan fingerprint density at radius 1 is 1.33 bits per heavy atom. The predicted octanol–water partition coefficient (Wildman–Crippen LogP) is 4.08.